The molecule has 5 N–H and O–H groups in total. The molecule has 0 saturated carbocycles. The highest BCUT2D eigenvalue weighted by Gasteiger charge is 2.11. The number of aliphatic hydroxyl groups is 1. The van der Waals surface area contributed by atoms with Crippen molar-refractivity contribution >= 4 is 11.4 Å². The first-order valence-electron chi connectivity index (χ1n) is 12.6. The smallest absolute Gasteiger partial charge is 0.123 e. The van der Waals surface area contributed by atoms with Crippen molar-refractivity contribution in [1.29, 1.82) is 0 Å². The van der Waals surface area contributed by atoms with Crippen LogP contribution in [0.2, 0.25) is 0 Å². The van der Waals surface area contributed by atoms with Crippen LogP contribution in [0.1, 0.15) is 57.1 Å². The largest absolute Gasteiger partial charge is 0.512 e. The fourth-order valence-electron chi connectivity index (χ4n) is 4.19. The van der Waals surface area contributed by atoms with E-state index in [1.165, 1.54) is 37.9 Å². The number of unbranched alkanes of at least 4 members (excludes halogenated alkanes) is 1. The number of nitrogen functional groups attached to an aromatic ring is 1. The molecule has 1 aliphatic rings. The minimum Gasteiger partial charge on any atom is -0.512 e. The van der Waals surface area contributed by atoms with E-state index in [1.807, 2.05) is 12.1 Å². The van der Waals surface area contributed by atoms with E-state index in [4.69, 9.17) is 10.5 Å². The van der Waals surface area contributed by atoms with Crippen LogP contribution >= 0.6 is 0 Å². The summed E-state index contributed by atoms with van der Waals surface area (Å²) in [6.07, 6.45) is 7.71. The Bertz CT molecular complexity index is 936. The third-order valence-corrected chi connectivity index (χ3v) is 6.04. The van der Waals surface area contributed by atoms with Crippen LogP contribution in [0.3, 0.4) is 0 Å². The van der Waals surface area contributed by atoms with Crippen molar-refractivity contribution in [2.75, 3.05) is 37.3 Å². The number of nitrogens with one attached hydrogen (secondary N) is 1. The van der Waals surface area contributed by atoms with E-state index < -0.39 is 0 Å². The Labute approximate surface area is 204 Å². The van der Waals surface area contributed by atoms with Crippen LogP contribution in [0.15, 0.2) is 48.2 Å². The summed E-state index contributed by atoms with van der Waals surface area (Å²) in [6, 6.07) is 11.3. The fraction of sp³-hybridized carbons (Fsp3) is 0.500. The van der Waals surface area contributed by atoms with Gasteiger partial charge in [-0.05, 0) is 86.7 Å². The number of nitrogens with zero attached hydrogens (tertiary/aromatic N) is 1. The molecule has 6 nitrogen and oxygen atoms in total. The summed E-state index contributed by atoms with van der Waals surface area (Å²) in [7, 11) is 0. The molecule has 0 spiro atoms. The van der Waals surface area contributed by atoms with Gasteiger partial charge in [-0.25, -0.2) is 0 Å². The number of benzene rings is 2. The Kier molecular flexibility index (Phi) is 9.95. The Morgan fingerprint density at radius 1 is 1.15 bits per heavy atom. The average Bonchev–Trinajstić information content (AvgIpc) is 2.81. The van der Waals surface area contributed by atoms with Crippen molar-refractivity contribution in [2.45, 2.75) is 58.9 Å². The standard InChI is InChI=1S/C28H41N3O3/c1-21(2)20-34-28-12-10-25(33)18-23(28)17-24(32)8-4-5-13-30-27-16-22(9-11-26(27)29)19-31-14-6-3-7-15-31/h8-12,16,18,21,30,32-33H,3-7,13-15,17,19-20,29H2,1-2H3/b24-8-. The number of piperidine rings is 1. The maximum atomic E-state index is 10.4. The first kappa shape index (κ1) is 25.8. The molecule has 1 heterocycles. The van der Waals surface area contributed by atoms with Crippen molar-refractivity contribution in [2.24, 2.45) is 5.92 Å². The van der Waals surface area contributed by atoms with E-state index >= 15 is 0 Å². The zero-order valence-electron chi connectivity index (χ0n) is 20.7. The van der Waals surface area contributed by atoms with Gasteiger partial charge in [0.05, 0.1) is 23.7 Å². The summed E-state index contributed by atoms with van der Waals surface area (Å²) in [5.41, 5.74) is 10.00. The van der Waals surface area contributed by atoms with E-state index in [2.05, 4.69) is 36.2 Å². The number of nitrogens with two attached hydrogens (primary N) is 1. The van der Waals surface area contributed by atoms with E-state index in [0.29, 0.717) is 24.7 Å². The van der Waals surface area contributed by atoms with Gasteiger partial charge >= 0.3 is 0 Å². The lowest BCUT2D eigenvalue weighted by Crippen LogP contribution is -2.29. The van der Waals surface area contributed by atoms with Gasteiger partial charge in [-0.15, -0.1) is 0 Å². The summed E-state index contributed by atoms with van der Waals surface area (Å²) in [5.74, 6) is 1.55. The van der Waals surface area contributed by atoms with Crippen LogP contribution in [0.5, 0.6) is 11.5 Å². The first-order valence-corrected chi connectivity index (χ1v) is 12.6. The second-order valence-corrected chi connectivity index (χ2v) is 9.70. The molecule has 0 bridgehead atoms. The molecule has 3 rings (SSSR count). The number of anilines is 2. The molecule has 6 heteroatoms. The van der Waals surface area contributed by atoms with Gasteiger partial charge in [0, 0.05) is 25.1 Å². The molecule has 2 aromatic carbocycles. The molecular formula is C28H41N3O3. The number of rotatable bonds is 12. The Balaban J connectivity index is 1.46. The monoisotopic (exact) mass is 467 g/mol. The molecule has 0 atom stereocenters. The summed E-state index contributed by atoms with van der Waals surface area (Å²) in [6.45, 7) is 8.87. The number of phenols is 1. The van der Waals surface area contributed by atoms with Crippen LogP contribution in [0.25, 0.3) is 0 Å². The molecular weight excluding hydrogens is 426 g/mol. The van der Waals surface area contributed by atoms with Crippen LogP contribution in [-0.2, 0) is 13.0 Å². The molecule has 0 radical (unpaired) electrons. The number of aromatic hydroxyl groups is 1. The van der Waals surface area contributed by atoms with E-state index in [-0.39, 0.29) is 11.5 Å². The van der Waals surface area contributed by atoms with Crippen LogP contribution in [0.4, 0.5) is 11.4 Å². The van der Waals surface area contributed by atoms with Crippen LogP contribution < -0.4 is 15.8 Å². The number of hydrogen-bond donors (Lipinski definition) is 4. The Morgan fingerprint density at radius 2 is 1.94 bits per heavy atom. The van der Waals surface area contributed by atoms with Crippen molar-refractivity contribution in [3.63, 3.8) is 0 Å². The Hall–Kier alpha value is -2.86. The van der Waals surface area contributed by atoms with E-state index in [9.17, 15) is 10.2 Å². The third-order valence-electron chi connectivity index (χ3n) is 6.04. The lowest BCUT2D eigenvalue weighted by molar-refractivity contribution is 0.221. The molecule has 1 saturated heterocycles. The van der Waals surface area contributed by atoms with Crippen molar-refractivity contribution in [3.8, 4) is 11.5 Å². The number of aliphatic hydroxyl groups excluding tert-OH is 1. The molecule has 34 heavy (non-hydrogen) atoms. The number of hydrogen-bond acceptors (Lipinski definition) is 6. The maximum absolute atomic E-state index is 10.4. The van der Waals surface area contributed by atoms with Gasteiger partial charge in [-0.3, -0.25) is 4.90 Å². The second kappa shape index (κ2) is 13.1. The quantitative estimate of drug-likeness (QED) is 0.177. The highest BCUT2D eigenvalue weighted by molar-refractivity contribution is 5.67. The second-order valence-electron chi connectivity index (χ2n) is 9.70. The highest BCUT2D eigenvalue weighted by atomic mass is 16.5. The lowest BCUT2D eigenvalue weighted by atomic mass is 10.1. The van der Waals surface area contributed by atoms with E-state index in [0.717, 1.165) is 42.9 Å². The first-order chi connectivity index (χ1) is 16.4. The maximum Gasteiger partial charge on any atom is 0.123 e. The third kappa shape index (κ3) is 8.49. The molecule has 2 aromatic rings. The van der Waals surface area contributed by atoms with Gasteiger partial charge in [-0.1, -0.05) is 26.3 Å². The Morgan fingerprint density at radius 3 is 2.71 bits per heavy atom. The van der Waals surface area contributed by atoms with E-state index in [1.54, 1.807) is 18.2 Å². The highest BCUT2D eigenvalue weighted by Crippen LogP contribution is 2.26. The molecule has 0 aliphatic carbocycles. The fourth-order valence-corrected chi connectivity index (χ4v) is 4.19. The van der Waals surface area contributed by atoms with Crippen molar-refractivity contribution < 1.29 is 14.9 Å². The lowest BCUT2D eigenvalue weighted by Gasteiger charge is -2.26. The minimum absolute atomic E-state index is 0.170. The minimum atomic E-state index is 0.170. The average molecular weight is 468 g/mol. The molecule has 186 valence electrons. The summed E-state index contributed by atoms with van der Waals surface area (Å²) >= 11 is 0. The van der Waals surface area contributed by atoms with Gasteiger partial charge in [0.25, 0.3) is 0 Å². The summed E-state index contributed by atoms with van der Waals surface area (Å²) in [4.78, 5) is 2.51. The molecule has 0 unspecified atom stereocenters. The van der Waals surface area contributed by atoms with Gasteiger partial charge in [-0.2, -0.15) is 0 Å². The zero-order chi connectivity index (χ0) is 24.3. The van der Waals surface area contributed by atoms with Gasteiger partial charge in [0.1, 0.15) is 11.5 Å². The molecule has 1 aliphatic heterocycles. The number of ether oxygens (including phenoxy) is 1. The molecule has 0 amide bonds. The number of allylic oxidation sites excluding steroid dienone is 2. The molecule has 1 fully saturated rings. The van der Waals surface area contributed by atoms with Crippen molar-refractivity contribution in [3.05, 3.63) is 59.4 Å². The normalized spacial score (nSPS) is 15.0. The summed E-state index contributed by atoms with van der Waals surface area (Å²) < 4.78 is 5.84. The SMILES string of the molecule is CC(C)COc1ccc(O)cc1C/C(O)=C/CCCNc1cc(CN2CCCCC2)ccc1N. The topological polar surface area (TPSA) is 91.0 Å². The van der Waals surface area contributed by atoms with Crippen LogP contribution in [0, 0.1) is 5.92 Å². The predicted octanol–water partition coefficient (Wildman–Crippen LogP) is 5.87. The zero-order valence-corrected chi connectivity index (χ0v) is 20.7. The summed E-state index contributed by atoms with van der Waals surface area (Å²) in [5, 5.41) is 23.7. The molecule has 0 aromatic heterocycles. The van der Waals surface area contributed by atoms with Gasteiger partial charge in [0.2, 0.25) is 0 Å². The number of likely N-dealkylation sites (tertiary alicyclic amines) is 1. The van der Waals surface area contributed by atoms with Gasteiger partial charge in [0.15, 0.2) is 0 Å². The number of phenolic OH excluding ortho intramolecular Hbond substituents is 1. The predicted molar refractivity (Wildman–Crippen MR) is 141 cm³/mol. The van der Waals surface area contributed by atoms with Crippen molar-refractivity contribution in [1.82, 2.24) is 4.90 Å². The van der Waals surface area contributed by atoms with Crippen LogP contribution in [-0.4, -0.2) is 41.4 Å². The van der Waals surface area contributed by atoms with Gasteiger partial charge < -0.3 is 26.0 Å².